The molecule has 0 saturated carbocycles. The van der Waals surface area contributed by atoms with Gasteiger partial charge in [0.1, 0.15) is 78.4 Å². The number of nitrogens with zero attached hydrogens (tertiary/aromatic N) is 9. The second-order valence-corrected chi connectivity index (χ2v) is 32.0. The van der Waals surface area contributed by atoms with E-state index < -0.39 is 155 Å². The molecule has 0 radical (unpaired) electrons. The molecule has 6 aromatic carbocycles. The molecule has 9 amide bonds. The largest absolute Gasteiger partial charge is 0.487 e. The van der Waals surface area contributed by atoms with Gasteiger partial charge in [-0.1, -0.05) is 161 Å². The van der Waals surface area contributed by atoms with Crippen molar-refractivity contribution in [3.8, 4) is 11.5 Å². The molecule has 0 spiro atoms. The molecule has 2 fully saturated rings. The molecular formula is C83H98N18O15. The van der Waals surface area contributed by atoms with Gasteiger partial charge in [-0.25, -0.2) is 24.1 Å². The number of ether oxygens (including phenoxy) is 2. The van der Waals surface area contributed by atoms with Crippen molar-refractivity contribution in [3.63, 3.8) is 0 Å². The van der Waals surface area contributed by atoms with Gasteiger partial charge in [-0.3, -0.25) is 48.5 Å². The van der Waals surface area contributed by atoms with Gasteiger partial charge in [0, 0.05) is 38.8 Å². The Labute approximate surface area is 668 Å². The monoisotopic (exact) mass is 1590 g/mol. The Morgan fingerprint density at radius 2 is 1.03 bits per heavy atom. The van der Waals surface area contributed by atoms with E-state index in [-0.39, 0.29) is 76.4 Å². The Morgan fingerprint density at radius 1 is 0.552 bits per heavy atom. The normalized spacial score (nSPS) is 21.4. The maximum Gasteiger partial charge on any atom is 0.434 e. The number of fused-ring (bicyclic) bond motifs is 2. The maximum atomic E-state index is 15.8. The van der Waals surface area contributed by atoms with Crippen molar-refractivity contribution in [1.29, 1.82) is 0 Å². The highest BCUT2D eigenvalue weighted by molar-refractivity contribution is 6.02. The number of aromatic nitrogens is 8. The molecule has 33 heteroatoms. The summed E-state index contributed by atoms with van der Waals surface area (Å²) in [5.41, 5.74) is 1.12. The number of H-pyrrole nitrogens is 1. The van der Waals surface area contributed by atoms with Gasteiger partial charge in [0.2, 0.25) is 53.1 Å². The number of amides is 9. The van der Waals surface area contributed by atoms with Crippen molar-refractivity contribution in [1.82, 2.24) is 92.5 Å². The third-order valence-electron chi connectivity index (χ3n) is 21.5. The second kappa shape index (κ2) is 35.9. The fourth-order valence-corrected chi connectivity index (χ4v) is 14.8. The number of hydrogen-bond acceptors (Lipinski definition) is 21. The lowest BCUT2D eigenvalue weighted by molar-refractivity contribution is -0.146. The minimum absolute atomic E-state index is 0.000937. The number of carbonyl (C=O) groups excluding carboxylic acids is 9. The van der Waals surface area contributed by atoms with E-state index in [2.05, 4.69) is 73.4 Å². The molecule has 8 bridgehead atoms. The molecular weight excluding hydrogens is 1490 g/mol. The number of imide groups is 1. The number of carboxylic acid groups (broad SMARTS) is 1. The van der Waals surface area contributed by atoms with Crippen molar-refractivity contribution in [2.24, 2.45) is 16.7 Å². The van der Waals surface area contributed by atoms with Crippen LogP contribution in [-0.4, -0.2) is 190 Å². The molecule has 10 N–H and O–H groups in total. The average molecular weight is 1590 g/mol. The fraction of sp³-hybridized carbons (Fsp3) is 0.422. The third-order valence-corrected chi connectivity index (χ3v) is 21.5. The lowest BCUT2D eigenvalue weighted by Gasteiger charge is -2.37. The predicted molar refractivity (Wildman–Crippen MR) is 423 cm³/mol. The van der Waals surface area contributed by atoms with E-state index in [0.717, 1.165) is 21.5 Å². The first-order valence-corrected chi connectivity index (χ1v) is 38.7. The van der Waals surface area contributed by atoms with Crippen LogP contribution in [0.15, 0.2) is 155 Å². The van der Waals surface area contributed by atoms with Crippen molar-refractivity contribution >= 4 is 80.7 Å². The number of benzene rings is 6. The molecule has 116 heavy (non-hydrogen) atoms. The van der Waals surface area contributed by atoms with E-state index in [1.165, 1.54) is 19.2 Å². The quantitative estimate of drug-likeness (QED) is 0.0674. The Morgan fingerprint density at radius 3 is 1.49 bits per heavy atom. The number of aromatic amines is 1. The van der Waals surface area contributed by atoms with Gasteiger partial charge in [-0.15, -0.1) is 15.3 Å². The van der Waals surface area contributed by atoms with Crippen molar-refractivity contribution in [3.05, 3.63) is 196 Å². The number of aliphatic carboxylic acids is 1. The van der Waals surface area contributed by atoms with Gasteiger partial charge < -0.3 is 66.0 Å². The van der Waals surface area contributed by atoms with Crippen LogP contribution in [0.4, 0.5) is 0 Å². The highest BCUT2D eigenvalue weighted by atomic mass is 16.5. The summed E-state index contributed by atoms with van der Waals surface area (Å²) in [4.78, 5) is 162. The zero-order valence-corrected chi connectivity index (χ0v) is 66.3. The van der Waals surface area contributed by atoms with Crippen LogP contribution in [0.25, 0.3) is 21.5 Å². The van der Waals surface area contributed by atoms with E-state index in [1.807, 2.05) is 78.9 Å². The molecule has 0 unspecified atom stereocenters. The van der Waals surface area contributed by atoms with Crippen LogP contribution in [0, 0.1) is 16.7 Å². The first-order chi connectivity index (χ1) is 55.4. The molecule has 9 heterocycles. The number of carboxylic acids is 1. The number of likely N-dealkylation sites (tertiary alicyclic amines) is 2. The molecule has 15 rings (SSSR count). The predicted octanol–water partition coefficient (Wildman–Crippen LogP) is 4.42. The van der Waals surface area contributed by atoms with Gasteiger partial charge in [0.25, 0.3) is 5.91 Å². The minimum atomic E-state index is -1.53. The Kier molecular flexibility index (Phi) is 25.7. The fourth-order valence-electron chi connectivity index (χ4n) is 14.8. The molecule has 6 aliphatic rings. The summed E-state index contributed by atoms with van der Waals surface area (Å²) in [5.74, 6) is -9.32. The average Bonchev–Trinajstić information content (AvgIpc) is 1.62. The van der Waals surface area contributed by atoms with Crippen molar-refractivity contribution in [2.45, 2.75) is 180 Å². The van der Waals surface area contributed by atoms with Gasteiger partial charge in [-0.2, -0.15) is 0 Å². The number of rotatable bonds is 14. The summed E-state index contributed by atoms with van der Waals surface area (Å²) in [6.07, 6.45) is 2.36. The van der Waals surface area contributed by atoms with Crippen LogP contribution >= 0.6 is 0 Å². The zero-order chi connectivity index (χ0) is 82.9. The molecule has 2 saturated heterocycles. The first-order valence-electron chi connectivity index (χ1n) is 38.7. The molecule has 6 aliphatic heterocycles. The van der Waals surface area contributed by atoms with Crippen LogP contribution in [0.5, 0.6) is 11.5 Å². The van der Waals surface area contributed by atoms with Crippen LogP contribution in [-0.2, 0) is 86.8 Å². The summed E-state index contributed by atoms with van der Waals surface area (Å²) in [6, 6.07) is 27.0. The summed E-state index contributed by atoms with van der Waals surface area (Å²) in [5, 5.41) is 61.1. The molecule has 3 aromatic heterocycles. The van der Waals surface area contributed by atoms with Gasteiger partial charge in [-0.05, 0) is 126 Å². The minimum Gasteiger partial charge on any atom is -0.487 e. The molecule has 9 aromatic rings. The number of likely N-dealkylation sites (N-methyl/N-ethyl adjacent to an activating group) is 2. The summed E-state index contributed by atoms with van der Waals surface area (Å²) in [7, 11) is 3.21. The lowest BCUT2D eigenvalue weighted by atomic mass is 9.85. The van der Waals surface area contributed by atoms with Crippen molar-refractivity contribution in [2.75, 3.05) is 27.2 Å². The van der Waals surface area contributed by atoms with Crippen LogP contribution < -0.4 is 57.8 Å². The Hall–Kier alpha value is -12.5. The van der Waals surface area contributed by atoms with Crippen LogP contribution in [0.3, 0.4) is 0 Å². The van der Waals surface area contributed by atoms with E-state index in [0.29, 0.717) is 39.4 Å². The smallest absolute Gasteiger partial charge is 0.434 e. The molecule has 0 aliphatic carbocycles. The van der Waals surface area contributed by atoms with Gasteiger partial charge in [0.05, 0.1) is 42.5 Å². The van der Waals surface area contributed by atoms with E-state index in [4.69, 9.17) is 13.9 Å². The first kappa shape index (κ1) is 82.9. The highest BCUT2D eigenvalue weighted by Crippen LogP contribution is 2.36. The van der Waals surface area contributed by atoms with Crippen molar-refractivity contribution < 1.29 is 66.9 Å². The van der Waals surface area contributed by atoms with E-state index in [9.17, 15) is 33.9 Å². The van der Waals surface area contributed by atoms with E-state index in [1.54, 1.807) is 136 Å². The second-order valence-electron chi connectivity index (χ2n) is 32.0. The zero-order valence-electron chi connectivity index (χ0n) is 66.3. The molecule has 33 nitrogen and oxygen atoms in total. The summed E-state index contributed by atoms with van der Waals surface area (Å²) in [6.45, 7) is 13.6. The SMILES string of the molecule is CN[C@@H](C)C(=O)N[C@H](C(=O)N1CC[C@@H]2[C@H]1C(=O)NC(=O)C[C@@H](Cc1ccc3ccccc3c1)C(=O)N[C@H](C(=O)O)Cc1ccc(cc1)OCc1cn(nn1)[C@@H]1CCN(C(=O)[C@@H](NC(=O)[C@H](C)NC)C(C)(C)C)[C@@H]1C(=O)N[C@@H](Cc1ccc3ccccc3c1)C(=O)N[C@H](c1n[nH]c(=O)o1)Cc1ccc(cc1)OCc1cn2nn1)C(C)(C)C. The molecule has 610 valence electrons. The number of hydrogen-bond donors (Lipinski definition) is 10. The topological polar surface area (TPSA) is 432 Å². The van der Waals surface area contributed by atoms with Crippen LogP contribution in [0.1, 0.15) is 132 Å². The summed E-state index contributed by atoms with van der Waals surface area (Å²) >= 11 is 0. The Balaban J connectivity index is 0.891. The van der Waals surface area contributed by atoms with Gasteiger partial charge >= 0.3 is 11.7 Å². The van der Waals surface area contributed by atoms with Crippen LogP contribution in [0.2, 0.25) is 0 Å². The molecule has 12 atom stereocenters. The third kappa shape index (κ3) is 20.0. The Bertz CT molecular complexity index is 5160. The number of nitrogens with one attached hydrogen (secondary N) is 9. The highest BCUT2D eigenvalue weighted by Gasteiger charge is 2.51. The van der Waals surface area contributed by atoms with Gasteiger partial charge in [0.15, 0.2) is 0 Å². The maximum absolute atomic E-state index is 15.8. The summed E-state index contributed by atoms with van der Waals surface area (Å²) < 4.78 is 20.9. The standard InChI is InChI=1S/C83H98N18O15/c1-46(84-9)71(103)90-69(82(3,4)5)78(109)98-33-31-64-67(98)75(107)86-61(40-51-20-26-53-16-12-14-18-55(53)36-51)74(106)87-62(77-94-95-81(113)116-77)38-48-21-27-59(28-22-48)114-45-58-43-101(97-93-58)65-32-34-99(79(110)70(83(6,7)8)91-72(104)47(2)85-10)68(65)76(108)89-66(102)41-56(37-50-19-25-52-15-11-13-17-54(52)35-50)73(105)88-63(80(111)112)39-49-23-29-60(30-24-49)115-44-57-42-100(64)96-92-57/h11-30,35-36,42-43,46-47,56,61-65,67-70,84-85H,31-34,37-41,44-45H2,1-10H3,(H,86,107)(H,87,106)(H,88,105)(H,90,103)(H,91,104)(H,95,113)(H,111,112)(H,89,102,108)/t46-,47-,56+,61-,62-,63-,64+,65+,67-,68-,69+,70+/m0/s1. The lowest BCUT2D eigenvalue weighted by Crippen LogP contribution is -2.61. The van der Waals surface area contributed by atoms with E-state index >= 15 is 24.0 Å². The number of carbonyl (C=O) groups is 10.